The van der Waals surface area contributed by atoms with Crippen LogP contribution >= 0.6 is 0 Å². The quantitative estimate of drug-likeness (QED) is 0.777. The first-order chi connectivity index (χ1) is 7.00. The molecule has 0 spiro atoms. The smallest absolute Gasteiger partial charge is 0.128 e. The van der Waals surface area contributed by atoms with E-state index in [1.54, 1.807) is 13.0 Å². The Hall–Kier alpha value is -1.42. The van der Waals surface area contributed by atoms with Crippen molar-refractivity contribution in [1.82, 2.24) is 9.55 Å². The van der Waals surface area contributed by atoms with Crippen LogP contribution in [0.5, 0.6) is 0 Å². The highest BCUT2D eigenvalue weighted by Gasteiger charge is 2.12. The van der Waals surface area contributed by atoms with Crippen LogP contribution in [0.4, 0.5) is 4.39 Å². The van der Waals surface area contributed by atoms with Gasteiger partial charge in [0.05, 0.1) is 17.1 Å². The summed E-state index contributed by atoms with van der Waals surface area (Å²) in [5.41, 5.74) is 7.96. The zero-order chi connectivity index (χ0) is 11.2. The topological polar surface area (TPSA) is 43.8 Å². The molecular formula is C11H14FN3. The van der Waals surface area contributed by atoms with Crippen LogP contribution in [0.3, 0.4) is 0 Å². The Morgan fingerprint density at radius 1 is 1.47 bits per heavy atom. The lowest BCUT2D eigenvalue weighted by molar-refractivity contribution is 0.619. The van der Waals surface area contributed by atoms with Crippen LogP contribution in [-0.2, 0) is 7.05 Å². The maximum Gasteiger partial charge on any atom is 0.128 e. The Balaban J connectivity index is 2.77. The molecular weight excluding hydrogens is 193 g/mol. The van der Waals surface area contributed by atoms with E-state index in [1.165, 1.54) is 6.07 Å². The van der Waals surface area contributed by atoms with Gasteiger partial charge in [-0.05, 0) is 25.5 Å². The molecule has 4 heteroatoms. The molecule has 0 radical (unpaired) electrons. The van der Waals surface area contributed by atoms with E-state index in [-0.39, 0.29) is 11.9 Å². The second kappa shape index (κ2) is 3.31. The molecule has 1 aromatic carbocycles. The average Bonchev–Trinajstić information content (AvgIpc) is 2.46. The predicted octanol–water partition coefficient (Wildman–Crippen LogP) is 2.04. The zero-order valence-electron chi connectivity index (χ0n) is 9.08. The van der Waals surface area contributed by atoms with Gasteiger partial charge in [-0.25, -0.2) is 9.37 Å². The van der Waals surface area contributed by atoms with Gasteiger partial charge in [0.15, 0.2) is 0 Å². The molecule has 0 unspecified atom stereocenters. The molecule has 0 aliphatic rings. The summed E-state index contributed by atoms with van der Waals surface area (Å²) in [6.07, 6.45) is 0. The summed E-state index contributed by atoms with van der Waals surface area (Å²) in [5, 5.41) is 0. The maximum absolute atomic E-state index is 13.4. The minimum atomic E-state index is -0.207. The number of halogens is 1. The van der Waals surface area contributed by atoms with Crippen molar-refractivity contribution in [2.24, 2.45) is 12.8 Å². The number of nitrogens with two attached hydrogens (primary N) is 1. The molecule has 2 N–H and O–H groups in total. The van der Waals surface area contributed by atoms with Crippen LogP contribution in [0.15, 0.2) is 12.1 Å². The Kier molecular flexibility index (Phi) is 2.23. The Bertz CT molecular complexity index is 514. The van der Waals surface area contributed by atoms with E-state index in [4.69, 9.17) is 5.73 Å². The third kappa shape index (κ3) is 1.51. The van der Waals surface area contributed by atoms with Crippen LogP contribution < -0.4 is 5.73 Å². The molecule has 80 valence electrons. The van der Waals surface area contributed by atoms with Crippen LogP contribution in [0.1, 0.15) is 24.4 Å². The molecule has 2 rings (SSSR count). The van der Waals surface area contributed by atoms with E-state index in [2.05, 4.69) is 4.98 Å². The highest BCUT2D eigenvalue weighted by atomic mass is 19.1. The summed E-state index contributed by atoms with van der Waals surface area (Å²) in [6.45, 7) is 3.60. The third-order valence-corrected chi connectivity index (χ3v) is 2.60. The maximum atomic E-state index is 13.4. The van der Waals surface area contributed by atoms with Gasteiger partial charge in [-0.1, -0.05) is 0 Å². The molecule has 0 saturated heterocycles. The van der Waals surface area contributed by atoms with Crippen molar-refractivity contribution in [2.75, 3.05) is 0 Å². The van der Waals surface area contributed by atoms with Crippen molar-refractivity contribution in [3.05, 3.63) is 29.3 Å². The third-order valence-electron chi connectivity index (χ3n) is 2.60. The van der Waals surface area contributed by atoms with Gasteiger partial charge in [-0.2, -0.15) is 0 Å². The molecule has 0 bridgehead atoms. The second-order valence-electron chi connectivity index (χ2n) is 3.91. The number of hydrogen-bond donors (Lipinski definition) is 1. The largest absolute Gasteiger partial charge is 0.330 e. The van der Waals surface area contributed by atoms with Crippen molar-refractivity contribution in [3.63, 3.8) is 0 Å². The molecule has 3 nitrogen and oxygen atoms in total. The molecule has 1 atom stereocenters. The lowest BCUT2D eigenvalue weighted by Gasteiger charge is -2.04. The minimum Gasteiger partial charge on any atom is -0.330 e. The second-order valence-corrected chi connectivity index (χ2v) is 3.91. The lowest BCUT2D eigenvalue weighted by atomic mass is 10.2. The van der Waals surface area contributed by atoms with Gasteiger partial charge >= 0.3 is 0 Å². The number of fused-ring (bicyclic) bond motifs is 1. The summed E-state index contributed by atoms with van der Waals surface area (Å²) in [7, 11) is 1.85. The summed E-state index contributed by atoms with van der Waals surface area (Å²) >= 11 is 0. The highest BCUT2D eigenvalue weighted by Crippen LogP contribution is 2.21. The number of aryl methyl sites for hydroxylation is 2. The fourth-order valence-electron chi connectivity index (χ4n) is 1.74. The molecule has 0 amide bonds. The van der Waals surface area contributed by atoms with E-state index >= 15 is 0 Å². The van der Waals surface area contributed by atoms with E-state index in [0.717, 1.165) is 16.9 Å². The van der Waals surface area contributed by atoms with Gasteiger partial charge in [0, 0.05) is 13.1 Å². The Labute approximate surface area is 87.7 Å². The van der Waals surface area contributed by atoms with Crippen molar-refractivity contribution in [3.8, 4) is 0 Å². The Morgan fingerprint density at radius 2 is 2.13 bits per heavy atom. The monoisotopic (exact) mass is 207 g/mol. The number of aromatic nitrogens is 2. The number of imidazole rings is 1. The van der Waals surface area contributed by atoms with E-state index in [0.29, 0.717) is 5.56 Å². The number of nitrogens with zero attached hydrogens (tertiary/aromatic N) is 2. The SMILES string of the molecule is Cc1cc2nc([C@H](C)N)n(C)c2cc1F. The minimum absolute atomic E-state index is 0.147. The first-order valence-electron chi connectivity index (χ1n) is 4.88. The summed E-state index contributed by atoms with van der Waals surface area (Å²) in [6, 6.07) is 3.10. The molecule has 0 aliphatic heterocycles. The van der Waals surface area contributed by atoms with Crippen molar-refractivity contribution >= 4 is 11.0 Å². The fraction of sp³-hybridized carbons (Fsp3) is 0.364. The summed E-state index contributed by atoms with van der Waals surface area (Å²) in [5.74, 6) is 0.566. The molecule has 0 fully saturated rings. The average molecular weight is 207 g/mol. The number of rotatable bonds is 1. The van der Waals surface area contributed by atoms with Gasteiger partial charge in [0.25, 0.3) is 0 Å². The summed E-state index contributed by atoms with van der Waals surface area (Å²) < 4.78 is 15.2. The first-order valence-corrected chi connectivity index (χ1v) is 4.88. The van der Waals surface area contributed by atoms with E-state index in [9.17, 15) is 4.39 Å². The molecule has 0 aliphatic carbocycles. The Morgan fingerprint density at radius 3 is 2.73 bits per heavy atom. The molecule has 2 aromatic rings. The van der Waals surface area contributed by atoms with Gasteiger partial charge in [0.2, 0.25) is 0 Å². The fourth-order valence-corrected chi connectivity index (χ4v) is 1.74. The standard InChI is InChI=1S/C11H14FN3/c1-6-4-9-10(5-8(6)12)15(3)11(14-9)7(2)13/h4-5,7H,13H2,1-3H3/t7-/m0/s1. The van der Waals surface area contributed by atoms with Crippen molar-refractivity contribution in [1.29, 1.82) is 0 Å². The normalized spacial score (nSPS) is 13.4. The number of benzene rings is 1. The van der Waals surface area contributed by atoms with Gasteiger partial charge in [-0.3, -0.25) is 0 Å². The molecule has 0 saturated carbocycles. The van der Waals surface area contributed by atoms with Gasteiger partial charge in [0.1, 0.15) is 11.6 Å². The lowest BCUT2D eigenvalue weighted by Crippen LogP contribution is -2.11. The van der Waals surface area contributed by atoms with Gasteiger partial charge < -0.3 is 10.3 Å². The molecule has 1 aromatic heterocycles. The van der Waals surface area contributed by atoms with Crippen LogP contribution in [0, 0.1) is 12.7 Å². The van der Waals surface area contributed by atoms with Gasteiger partial charge in [-0.15, -0.1) is 0 Å². The highest BCUT2D eigenvalue weighted by molar-refractivity contribution is 5.77. The van der Waals surface area contributed by atoms with Crippen LogP contribution in [0.2, 0.25) is 0 Å². The van der Waals surface area contributed by atoms with Crippen molar-refractivity contribution < 1.29 is 4.39 Å². The van der Waals surface area contributed by atoms with Crippen molar-refractivity contribution in [2.45, 2.75) is 19.9 Å². The van der Waals surface area contributed by atoms with E-state index in [1.807, 2.05) is 18.5 Å². The predicted molar refractivity (Wildman–Crippen MR) is 58.0 cm³/mol. The molecule has 15 heavy (non-hydrogen) atoms. The first kappa shape index (κ1) is 10.1. The zero-order valence-corrected chi connectivity index (χ0v) is 9.08. The van der Waals surface area contributed by atoms with E-state index < -0.39 is 0 Å². The number of hydrogen-bond acceptors (Lipinski definition) is 2. The van der Waals surface area contributed by atoms with Crippen LogP contribution in [-0.4, -0.2) is 9.55 Å². The summed E-state index contributed by atoms with van der Waals surface area (Å²) in [4.78, 5) is 4.38. The van der Waals surface area contributed by atoms with Crippen LogP contribution in [0.25, 0.3) is 11.0 Å². The molecule has 1 heterocycles.